The lowest BCUT2D eigenvalue weighted by atomic mass is 9.81. The fourth-order valence-electron chi connectivity index (χ4n) is 3.55. The van der Waals surface area contributed by atoms with E-state index in [1.807, 2.05) is 0 Å². The van der Waals surface area contributed by atoms with Gasteiger partial charge in [0, 0.05) is 42.7 Å². The van der Waals surface area contributed by atoms with Gasteiger partial charge in [-0.3, -0.25) is 9.59 Å². The van der Waals surface area contributed by atoms with Crippen molar-refractivity contribution < 1.29 is 14.0 Å². The molecule has 2 aromatic carbocycles. The van der Waals surface area contributed by atoms with E-state index in [9.17, 15) is 9.59 Å². The molecule has 1 aliphatic carbocycles. The highest BCUT2D eigenvalue weighted by molar-refractivity contribution is 6.34. The van der Waals surface area contributed by atoms with E-state index < -0.39 is 0 Å². The second kappa shape index (κ2) is 9.28. The number of fused-ring (bicyclic) bond motifs is 3. The number of nitrogens with two attached hydrogens (primary N) is 2. The second-order valence-corrected chi connectivity index (χ2v) is 6.30. The van der Waals surface area contributed by atoms with E-state index in [4.69, 9.17) is 15.9 Å². The zero-order chi connectivity index (χ0) is 19.0. The van der Waals surface area contributed by atoms with Gasteiger partial charge in [-0.05, 0) is 6.07 Å². The van der Waals surface area contributed by atoms with E-state index in [-0.39, 0.29) is 36.4 Å². The summed E-state index contributed by atoms with van der Waals surface area (Å²) in [6.45, 7) is 1.68. The Morgan fingerprint density at radius 2 is 1.31 bits per heavy atom. The Labute approximate surface area is 180 Å². The molecule has 154 valence electrons. The van der Waals surface area contributed by atoms with Gasteiger partial charge in [-0.1, -0.05) is 24.3 Å². The Morgan fingerprint density at radius 1 is 0.793 bits per heavy atom. The number of furan rings is 1. The zero-order valence-electron chi connectivity index (χ0n) is 15.5. The van der Waals surface area contributed by atoms with Crippen molar-refractivity contribution in [3.8, 4) is 0 Å². The molecule has 1 aliphatic rings. The highest BCUT2D eigenvalue weighted by atomic mass is 35.5. The summed E-state index contributed by atoms with van der Waals surface area (Å²) >= 11 is 0. The van der Waals surface area contributed by atoms with Crippen LogP contribution in [0.3, 0.4) is 0 Å². The molecule has 3 aromatic rings. The van der Waals surface area contributed by atoms with Gasteiger partial charge >= 0.3 is 0 Å². The van der Waals surface area contributed by atoms with Crippen LogP contribution in [-0.2, 0) is 0 Å². The largest absolute Gasteiger partial charge is 0.462 e. The lowest BCUT2D eigenvalue weighted by molar-refractivity contribution is 0.0980. The van der Waals surface area contributed by atoms with Crippen molar-refractivity contribution in [2.45, 2.75) is 0 Å². The third kappa shape index (κ3) is 3.58. The third-order valence-electron chi connectivity index (χ3n) is 4.67. The molecule has 29 heavy (non-hydrogen) atoms. The fourth-order valence-corrected chi connectivity index (χ4v) is 3.55. The van der Waals surface area contributed by atoms with Crippen LogP contribution in [-0.4, -0.2) is 37.7 Å². The molecule has 9 heteroatoms. The van der Waals surface area contributed by atoms with Crippen molar-refractivity contribution in [3.63, 3.8) is 0 Å². The van der Waals surface area contributed by atoms with E-state index in [1.165, 1.54) is 0 Å². The number of ketones is 2. The molecule has 0 atom stereocenters. The Balaban J connectivity index is 0.00000150. The number of rotatable bonds is 6. The number of nitrogens with one attached hydrogen (secondary N) is 2. The summed E-state index contributed by atoms with van der Waals surface area (Å²) in [5.74, 6) is -0.410. The molecular weight excluding hydrogens is 415 g/mol. The Bertz CT molecular complexity index is 984. The average molecular weight is 437 g/mol. The zero-order valence-corrected chi connectivity index (χ0v) is 17.1. The summed E-state index contributed by atoms with van der Waals surface area (Å²) in [5.41, 5.74) is 14.3. The summed E-state index contributed by atoms with van der Waals surface area (Å²) in [5, 5.41) is 7.10. The van der Waals surface area contributed by atoms with Crippen LogP contribution in [0.25, 0.3) is 11.0 Å². The minimum absolute atomic E-state index is 0. The predicted octanol–water partition coefficient (Wildman–Crippen LogP) is 2.79. The van der Waals surface area contributed by atoms with Crippen molar-refractivity contribution >= 4 is 58.7 Å². The molecule has 0 spiro atoms. The Morgan fingerprint density at radius 3 is 1.86 bits per heavy atom. The van der Waals surface area contributed by atoms with E-state index in [0.717, 1.165) is 5.39 Å². The summed E-state index contributed by atoms with van der Waals surface area (Å²) in [6.07, 6.45) is 1.54. The van der Waals surface area contributed by atoms with Crippen molar-refractivity contribution in [3.05, 3.63) is 58.8 Å². The van der Waals surface area contributed by atoms with Gasteiger partial charge in [0.1, 0.15) is 0 Å². The summed E-state index contributed by atoms with van der Waals surface area (Å²) in [6, 6.07) is 8.63. The highest BCUT2D eigenvalue weighted by Crippen LogP contribution is 2.43. The molecule has 0 bridgehead atoms. The molecule has 0 amide bonds. The smallest absolute Gasteiger partial charge is 0.196 e. The van der Waals surface area contributed by atoms with Gasteiger partial charge in [-0.15, -0.1) is 24.8 Å². The van der Waals surface area contributed by atoms with Crippen molar-refractivity contribution in [2.75, 3.05) is 36.8 Å². The van der Waals surface area contributed by atoms with Gasteiger partial charge in [-0.2, -0.15) is 0 Å². The van der Waals surface area contributed by atoms with E-state index in [0.29, 0.717) is 65.4 Å². The second-order valence-electron chi connectivity index (χ2n) is 6.30. The van der Waals surface area contributed by atoms with Gasteiger partial charge in [0.2, 0.25) is 0 Å². The number of carbonyl (C=O) groups excluding carboxylic acids is 2. The van der Waals surface area contributed by atoms with Crippen LogP contribution < -0.4 is 22.1 Å². The number of hydrogen-bond acceptors (Lipinski definition) is 7. The first-order chi connectivity index (χ1) is 13.2. The highest BCUT2D eigenvalue weighted by Gasteiger charge is 2.36. The molecule has 0 unspecified atom stereocenters. The quantitative estimate of drug-likeness (QED) is 0.342. The molecule has 7 nitrogen and oxygen atoms in total. The Kier molecular flexibility index (Phi) is 7.26. The fraction of sp³-hybridized carbons (Fsp3) is 0.200. The van der Waals surface area contributed by atoms with Gasteiger partial charge in [-0.25, -0.2) is 0 Å². The van der Waals surface area contributed by atoms with E-state index in [1.54, 1.807) is 36.6 Å². The van der Waals surface area contributed by atoms with E-state index >= 15 is 0 Å². The van der Waals surface area contributed by atoms with Crippen molar-refractivity contribution in [2.24, 2.45) is 11.5 Å². The van der Waals surface area contributed by atoms with Crippen LogP contribution in [0.5, 0.6) is 0 Å². The van der Waals surface area contributed by atoms with Crippen LogP contribution in [0.2, 0.25) is 0 Å². The maximum absolute atomic E-state index is 13.3. The lowest BCUT2D eigenvalue weighted by Crippen LogP contribution is -2.26. The number of anilines is 2. The summed E-state index contributed by atoms with van der Waals surface area (Å²) in [7, 11) is 0. The Hall–Kier alpha value is -2.58. The third-order valence-corrected chi connectivity index (χ3v) is 4.67. The molecule has 1 aromatic heterocycles. The summed E-state index contributed by atoms with van der Waals surface area (Å²) in [4.78, 5) is 26.6. The standard InChI is InChI=1S/C20H20N4O3.2ClH/c21-6-8-23-16-13-5-10-27-20(13)17(24-9-7-22)15-14(16)18(25)11-3-1-2-4-12(11)19(15)26;;/h1-5,10,23-24H,6-9,21-22H2;2*1H. The minimum Gasteiger partial charge on any atom is -0.462 e. The molecule has 1 heterocycles. The van der Waals surface area contributed by atoms with Crippen LogP contribution in [0.1, 0.15) is 31.8 Å². The maximum atomic E-state index is 13.3. The minimum atomic E-state index is -0.214. The average Bonchev–Trinajstić information content (AvgIpc) is 3.18. The topological polar surface area (TPSA) is 123 Å². The van der Waals surface area contributed by atoms with Gasteiger partial charge < -0.3 is 26.5 Å². The molecule has 0 fully saturated rings. The maximum Gasteiger partial charge on any atom is 0.196 e. The molecule has 6 N–H and O–H groups in total. The number of halogens is 2. The predicted molar refractivity (Wildman–Crippen MR) is 119 cm³/mol. The molecule has 0 aliphatic heterocycles. The van der Waals surface area contributed by atoms with Crippen molar-refractivity contribution in [1.29, 1.82) is 0 Å². The molecular formula is C20H22Cl2N4O3. The van der Waals surface area contributed by atoms with E-state index in [2.05, 4.69) is 10.6 Å². The number of benzene rings is 2. The molecule has 0 saturated heterocycles. The van der Waals surface area contributed by atoms with Gasteiger partial charge in [0.25, 0.3) is 0 Å². The first kappa shape index (κ1) is 22.7. The monoisotopic (exact) mass is 436 g/mol. The van der Waals surface area contributed by atoms with Crippen LogP contribution in [0.15, 0.2) is 41.0 Å². The first-order valence-corrected chi connectivity index (χ1v) is 8.82. The number of hydrogen-bond donors (Lipinski definition) is 4. The lowest BCUT2D eigenvalue weighted by Gasteiger charge is -2.24. The number of carbonyl (C=O) groups is 2. The van der Waals surface area contributed by atoms with Crippen LogP contribution in [0, 0.1) is 0 Å². The molecule has 4 rings (SSSR count). The van der Waals surface area contributed by atoms with Crippen LogP contribution >= 0.6 is 24.8 Å². The first-order valence-electron chi connectivity index (χ1n) is 8.82. The normalized spacial score (nSPS) is 11.9. The molecule has 0 saturated carbocycles. The van der Waals surface area contributed by atoms with Crippen LogP contribution in [0.4, 0.5) is 11.4 Å². The van der Waals surface area contributed by atoms with Gasteiger partial charge in [0.15, 0.2) is 17.1 Å². The molecule has 0 radical (unpaired) electrons. The summed E-state index contributed by atoms with van der Waals surface area (Å²) < 4.78 is 5.67. The SMILES string of the molecule is Cl.Cl.NCCNc1c2c(c(NCCN)c3occc13)C(=O)c1ccccc1C2=O. The van der Waals surface area contributed by atoms with Crippen molar-refractivity contribution in [1.82, 2.24) is 0 Å². The van der Waals surface area contributed by atoms with Gasteiger partial charge in [0.05, 0.1) is 28.8 Å².